The molecule has 0 aliphatic heterocycles. The Labute approximate surface area is 96.8 Å². The summed E-state index contributed by atoms with van der Waals surface area (Å²) in [5.74, 6) is 0.822. The van der Waals surface area contributed by atoms with Gasteiger partial charge in [0.15, 0.2) is 0 Å². The number of aromatic nitrogens is 2. The zero-order valence-electron chi connectivity index (χ0n) is 9.98. The molecule has 2 rings (SSSR count). The Morgan fingerprint density at radius 1 is 1.50 bits per heavy atom. The van der Waals surface area contributed by atoms with Crippen LogP contribution in [-0.4, -0.2) is 15.6 Å². The molecule has 88 valence electrons. The SMILES string of the molecule is CCn1cc(CCC(=O)C2CCCC2)cn1. The number of carbonyl (C=O) groups excluding carboxylic acids is 1. The Morgan fingerprint density at radius 2 is 2.25 bits per heavy atom. The Morgan fingerprint density at radius 3 is 2.88 bits per heavy atom. The fourth-order valence-electron chi connectivity index (χ4n) is 2.43. The molecule has 0 spiro atoms. The van der Waals surface area contributed by atoms with Crippen LogP contribution < -0.4 is 0 Å². The smallest absolute Gasteiger partial charge is 0.136 e. The summed E-state index contributed by atoms with van der Waals surface area (Å²) < 4.78 is 1.91. The van der Waals surface area contributed by atoms with E-state index in [1.54, 1.807) is 0 Å². The van der Waals surface area contributed by atoms with Crippen LogP contribution in [-0.2, 0) is 17.8 Å². The molecular formula is C13H20N2O. The van der Waals surface area contributed by atoms with Gasteiger partial charge in [-0.15, -0.1) is 0 Å². The van der Waals surface area contributed by atoms with E-state index >= 15 is 0 Å². The lowest BCUT2D eigenvalue weighted by Gasteiger charge is -2.06. The molecule has 1 fully saturated rings. The van der Waals surface area contributed by atoms with E-state index in [0.717, 1.165) is 25.8 Å². The second-order valence-corrected chi connectivity index (χ2v) is 4.65. The van der Waals surface area contributed by atoms with Gasteiger partial charge in [0.2, 0.25) is 0 Å². The molecule has 1 aromatic heterocycles. The van der Waals surface area contributed by atoms with Crippen molar-refractivity contribution in [2.75, 3.05) is 0 Å². The number of ketones is 1. The monoisotopic (exact) mass is 220 g/mol. The summed E-state index contributed by atoms with van der Waals surface area (Å²) >= 11 is 0. The summed E-state index contributed by atoms with van der Waals surface area (Å²) in [5, 5.41) is 4.22. The van der Waals surface area contributed by atoms with Crippen LogP contribution in [0.1, 0.15) is 44.6 Å². The van der Waals surface area contributed by atoms with Gasteiger partial charge in [-0.3, -0.25) is 9.48 Å². The maximum atomic E-state index is 11.9. The maximum absolute atomic E-state index is 11.9. The van der Waals surface area contributed by atoms with Gasteiger partial charge in [0.25, 0.3) is 0 Å². The van der Waals surface area contributed by atoms with E-state index in [9.17, 15) is 4.79 Å². The minimum absolute atomic E-state index is 0.362. The second kappa shape index (κ2) is 5.28. The van der Waals surface area contributed by atoms with Crippen LogP contribution in [0.2, 0.25) is 0 Å². The highest BCUT2D eigenvalue weighted by atomic mass is 16.1. The molecule has 16 heavy (non-hydrogen) atoms. The summed E-state index contributed by atoms with van der Waals surface area (Å²) in [7, 11) is 0. The minimum atomic E-state index is 0.362. The topological polar surface area (TPSA) is 34.9 Å². The summed E-state index contributed by atoms with van der Waals surface area (Å²) in [6, 6.07) is 0. The van der Waals surface area contributed by atoms with Crippen molar-refractivity contribution in [1.29, 1.82) is 0 Å². The van der Waals surface area contributed by atoms with Gasteiger partial charge in [-0.1, -0.05) is 12.8 Å². The molecule has 1 aliphatic rings. The van der Waals surface area contributed by atoms with E-state index in [-0.39, 0.29) is 0 Å². The number of nitrogens with zero attached hydrogens (tertiary/aromatic N) is 2. The van der Waals surface area contributed by atoms with Crippen LogP contribution in [0.25, 0.3) is 0 Å². The molecule has 0 atom stereocenters. The Balaban J connectivity index is 1.80. The van der Waals surface area contributed by atoms with Crippen molar-refractivity contribution in [3.63, 3.8) is 0 Å². The van der Waals surface area contributed by atoms with E-state index in [1.165, 1.54) is 18.4 Å². The molecule has 0 aromatic carbocycles. The zero-order valence-corrected chi connectivity index (χ0v) is 9.98. The van der Waals surface area contributed by atoms with E-state index in [1.807, 2.05) is 17.1 Å². The minimum Gasteiger partial charge on any atom is -0.299 e. The molecule has 3 nitrogen and oxygen atoms in total. The summed E-state index contributed by atoms with van der Waals surface area (Å²) in [6.07, 6.45) is 10.2. The Bertz CT molecular complexity index is 351. The molecule has 0 radical (unpaired) electrons. The second-order valence-electron chi connectivity index (χ2n) is 4.65. The van der Waals surface area contributed by atoms with Crippen LogP contribution in [0.3, 0.4) is 0 Å². The molecule has 0 N–H and O–H groups in total. The van der Waals surface area contributed by atoms with Crippen molar-refractivity contribution in [3.05, 3.63) is 18.0 Å². The van der Waals surface area contributed by atoms with Crippen molar-refractivity contribution >= 4 is 5.78 Å². The van der Waals surface area contributed by atoms with Crippen LogP contribution >= 0.6 is 0 Å². The number of rotatable bonds is 5. The first-order chi connectivity index (χ1) is 7.79. The number of Topliss-reactive ketones (excluding diaryl/α,β-unsaturated/α-hetero) is 1. The third-order valence-electron chi connectivity index (χ3n) is 3.48. The first-order valence-electron chi connectivity index (χ1n) is 6.33. The molecule has 1 aliphatic carbocycles. The van der Waals surface area contributed by atoms with Gasteiger partial charge in [0, 0.05) is 25.1 Å². The van der Waals surface area contributed by atoms with Gasteiger partial charge >= 0.3 is 0 Å². The van der Waals surface area contributed by atoms with Crippen molar-refractivity contribution in [2.45, 2.75) is 52.0 Å². The predicted molar refractivity (Wildman–Crippen MR) is 63.2 cm³/mol. The molecule has 0 saturated heterocycles. The van der Waals surface area contributed by atoms with Crippen LogP contribution in [0.15, 0.2) is 12.4 Å². The molecule has 1 aromatic rings. The molecular weight excluding hydrogens is 200 g/mol. The Kier molecular flexibility index (Phi) is 3.75. The summed E-state index contributed by atoms with van der Waals surface area (Å²) in [4.78, 5) is 11.9. The van der Waals surface area contributed by atoms with Gasteiger partial charge < -0.3 is 0 Å². The number of hydrogen-bond acceptors (Lipinski definition) is 2. The van der Waals surface area contributed by atoms with Gasteiger partial charge in [-0.05, 0) is 31.7 Å². The lowest BCUT2D eigenvalue weighted by Crippen LogP contribution is -2.11. The number of carbonyl (C=O) groups is 1. The standard InChI is InChI=1S/C13H20N2O/c1-2-15-10-11(9-14-15)7-8-13(16)12-5-3-4-6-12/h9-10,12H,2-8H2,1H3. The van der Waals surface area contributed by atoms with Crippen LogP contribution in [0.4, 0.5) is 0 Å². The first-order valence-corrected chi connectivity index (χ1v) is 6.33. The van der Waals surface area contributed by atoms with Crippen molar-refractivity contribution in [2.24, 2.45) is 5.92 Å². The lowest BCUT2D eigenvalue weighted by atomic mass is 9.98. The fourth-order valence-corrected chi connectivity index (χ4v) is 2.43. The fraction of sp³-hybridized carbons (Fsp3) is 0.692. The predicted octanol–water partition coefficient (Wildman–Crippen LogP) is 2.59. The molecule has 1 heterocycles. The highest BCUT2D eigenvalue weighted by Crippen LogP contribution is 2.26. The molecule has 1 saturated carbocycles. The van der Waals surface area contributed by atoms with E-state index in [0.29, 0.717) is 18.1 Å². The van der Waals surface area contributed by atoms with E-state index in [4.69, 9.17) is 0 Å². The van der Waals surface area contributed by atoms with Gasteiger partial charge in [0.1, 0.15) is 5.78 Å². The van der Waals surface area contributed by atoms with Crippen LogP contribution in [0.5, 0.6) is 0 Å². The molecule has 0 unspecified atom stereocenters. The molecule has 3 heteroatoms. The van der Waals surface area contributed by atoms with Crippen LogP contribution in [0, 0.1) is 5.92 Å². The summed E-state index contributed by atoms with van der Waals surface area (Å²) in [6.45, 7) is 2.97. The normalized spacial score (nSPS) is 16.8. The average Bonchev–Trinajstić information content (AvgIpc) is 2.96. The quantitative estimate of drug-likeness (QED) is 0.764. The van der Waals surface area contributed by atoms with Crippen molar-refractivity contribution < 1.29 is 4.79 Å². The zero-order chi connectivity index (χ0) is 11.4. The maximum Gasteiger partial charge on any atom is 0.136 e. The van der Waals surface area contributed by atoms with Gasteiger partial charge in [-0.2, -0.15) is 5.10 Å². The van der Waals surface area contributed by atoms with Crippen molar-refractivity contribution in [3.8, 4) is 0 Å². The third-order valence-corrected chi connectivity index (χ3v) is 3.48. The van der Waals surface area contributed by atoms with Crippen molar-refractivity contribution in [1.82, 2.24) is 9.78 Å². The van der Waals surface area contributed by atoms with E-state index < -0.39 is 0 Å². The molecule has 0 amide bonds. The van der Waals surface area contributed by atoms with Gasteiger partial charge in [0.05, 0.1) is 6.20 Å². The molecule has 0 bridgehead atoms. The highest BCUT2D eigenvalue weighted by Gasteiger charge is 2.21. The first kappa shape index (κ1) is 11.4. The highest BCUT2D eigenvalue weighted by molar-refractivity contribution is 5.81. The average molecular weight is 220 g/mol. The largest absolute Gasteiger partial charge is 0.299 e. The van der Waals surface area contributed by atoms with E-state index in [2.05, 4.69) is 12.0 Å². The van der Waals surface area contributed by atoms with Gasteiger partial charge in [-0.25, -0.2) is 0 Å². The number of hydrogen-bond donors (Lipinski definition) is 0. The number of aryl methyl sites for hydroxylation is 2. The lowest BCUT2D eigenvalue weighted by molar-refractivity contribution is -0.122. The summed E-state index contributed by atoms with van der Waals surface area (Å²) in [5.41, 5.74) is 1.19. The third kappa shape index (κ3) is 2.71. The Hall–Kier alpha value is -1.12.